The second-order valence-electron chi connectivity index (χ2n) is 13.5. The molecule has 3 aliphatic carbocycles. The number of carbonyl (C=O) groups is 3. The van der Waals surface area contributed by atoms with Gasteiger partial charge in [-0.25, -0.2) is 14.1 Å². The highest BCUT2D eigenvalue weighted by molar-refractivity contribution is 6.06. The third kappa shape index (κ3) is 6.47. The fraction of sp³-hybridized carbons (Fsp3) is 0.571. The zero-order valence-electron chi connectivity index (χ0n) is 26.1. The summed E-state index contributed by atoms with van der Waals surface area (Å²) >= 11 is 0. The molecule has 248 valence electrons. The van der Waals surface area contributed by atoms with E-state index in [1.165, 1.54) is 57.1 Å². The normalized spacial score (nSPS) is 25.8. The van der Waals surface area contributed by atoms with Gasteiger partial charge in [0.1, 0.15) is 18.4 Å². The smallest absolute Gasteiger partial charge is 0.418 e. The standard InChI is InChI=1S/C35H41F4N3O4/c1-22(35(37,38)39)41(20-23-9-12-27(36)13-10-23)31(43)21-42-32(44)34(46-33(42)45)18-17-26-19-29(15-16-30(26)34)40-28-8-4-7-25(11-14-28)24-5-2-3-6-24/h9-10,12-13,15-16,19,22,24-25,28,40H,2-8,11,14,17-18,20-21H2,1H3/t22-,25?,28?,34+/m0/s1. The van der Waals surface area contributed by atoms with Crippen LogP contribution < -0.4 is 5.32 Å². The van der Waals surface area contributed by atoms with Gasteiger partial charge in [0, 0.05) is 30.3 Å². The van der Waals surface area contributed by atoms with Crippen molar-refractivity contribution in [1.29, 1.82) is 0 Å². The first-order valence-corrected chi connectivity index (χ1v) is 16.5. The summed E-state index contributed by atoms with van der Waals surface area (Å²) in [5.41, 5.74) is 1.01. The SMILES string of the molecule is C[C@H](N(Cc1ccc(F)cc1)C(=O)CN1C(=O)O[C@@]2(CCc3cc(NC4CCCC(C5CCCC5)CC4)ccc32)C1=O)C(F)(F)F. The number of amides is 3. The van der Waals surface area contributed by atoms with E-state index in [-0.39, 0.29) is 12.0 Å². The van der Waals surface area contributed by atoms with Gasteiger partial charge in [0.2, 0.25) is 11.5 Å². The average Bonchev–Trinajstić information content (AvgIpc) is 3.68. The molecule has 2 aromatic carbocycles. The van der Waals surface area contributed by atoms with E-state index in [2.05, 4.69) is 5.32 Å². The molecule has 2 aromatic rings. The number of hydrogen-bond donors (Lipinski definition) is 1. The zero-order chi connectivity index (χ0) is 32.6. The molecule has 7 nitrogen and oxygen atoms in total. The molecule has 2 unspecified atom stereocenters. The van der Waals surface area contributed by atoms with Gasteiger partial charge in [0.15, 0.2) is 0 Å². The number of alkyl halides is 3. The first kappa shape index (κ1) is 32.3. The van der Waals surface area contributed by atoms with Gasteiger partial charge in [0.05, 0.1) is 0 Å². The lowest BCUT2D eigenvalue weighted by Gasteiger charge is -2.31. The fourth-order valence-corrected chi connectivity index (χ4v) is 7.98. The van der Waals surface area contributed by atoms with Crippen molar-refractivity contribution in [3.05, 3.63) is 65.0 Å². The number of rotatable bonds is 8. The van der Waals surface area contributed by atoms with E-state index >= 15 is 0 Å². The topological polar surface area (TPSA) is 79.0 Å². The predicted molar refractivity (Wildman–Crippen MR) is 163 cm³/mol. The van der Waals surface area contributed by atoms with Gasteiger partial charge in [-0.15, -0.1) is 0 Å². The number of carbonyl (C=O) groups excluding carboxylic acids is 3. The molecule has 4 aliphatic rings. The molecular weight excluding hydrogens is 602 g/mol. The van der Waals surface area contributed by atoms with Crippen LogP contribution in [0.4, 0.5) is 28.0 Å². The number of nitrogens with one attached hydrogen (secondary N) is 1. The molecule has 0 radical (unpaired) electrons. The second-order valence-corrected chi connectivity index (χ2v) is 13.5. The summed E-state index contributed by atoms with van der Waals surface area (Å²) in [6.45, 7) is -0.558. The first-order valence-electron chi connectivity index (χ1n) is 16.5. The Morgan fingerprint density at radius 1 is 1.00 bits per heavy atom. The third-order valence-corrected chi connectivity index (χ3v) is 10.6. The monoisotopic (exact) mass is 643 g/mol. The van der Waals surface area contributed by atoms with Crippen LogP contribution >= 0.6 is 0 Å². The van der Waals surface area contributed by atoms with Crippen molar-refractivity contribution < 1.29 is 36.7 Å². The molecule has 6 rings (SSSR count). The van der Waals surface area contributed by atoms with Gasteiger partial charge in [-0.05, 0) is 79.8 Å². The number of nitrogens with zero attached hydrogens (tertiary/aromatic N) is 2. The van der Waals surface area contributed by atoms with Crippen LogP contribution in [-0.2, 0) is 32.9 Å². The Hall–Kier alpha value is -3.63. The van der Waals surface area contributed by atoms with Crippen molar-refractivity contribution >= 4 is 23.6 Å². The number of benzene rings is 2. The van der Waals surface area contributed by atoms with Crippen LogP contribution in [0.15, 0.2) is 42.5 Å². The minimum Gasteiger partial charge on any atom is -0.427 e. The quantitative estimate of drug-likeness (QED) is 0.239. The Labute approximate surface area is 266 Å². The largest absolute Gasteiger partial charge is 0.427 e. The summed E-state index contributed by atoms with van der Waals surface area (Å²) in [6, 6.07) is 8.55. The maximum absolute atomic E-state index is 13.7. The van der Waals surface area contributed by atoms with E-state index in [1.807, 2.05) is 12.1 Å². The molecule has 1 N–H and O–H groups in total. The van der Waals surface area contributed by atoms with E-state index in [4.69, 9.17) is 4.74 Å². The van der Waals surface area contributed by atoms with Crippen molar-refractivity contribution in [2.24, 2.45) is 11.8 Å². The molecule has 1 saturated heterocycles. The van der Waals surface area contributed by atoms with Crippen molar-refractivity contribution in [1.82, 2.24) is 9.80 Å². The Balaban J connectivity index is 1.13. The van der Waals surface area contributed by atoms with Crippen LogP contribution in [0.2, 0.25) is 0 Å². The second kappa shape index (κ2) is 12.9. The fourth-order valence-electron chi connectivity index (χ4n) is 7.98. The number of halogens is 4. The van der Waals surface area contributed by atoms with Crippen LogP contribution in [0, 0.1) is 17.7 Å². The maximum Gasteiger partial charge on any atom is 0.418 e. The number of fused-ring (bicyclic) bond motifs is 2. The van der Waals surface area contributed by atoms with E-state index in [0.717, 1.165) is 55.0 Å². The summed E-state index contributed by atoms with van der Waals surface area (Å²) in [5.74, 6) is -0.708. The molecule has 3 fully saturated rings. The molecule has 0 aromatic heterocycles. The number of ether oxygens (including phenoxy) is 1. The minimum atomic E-state index is -4.77. The lowest BCUT2D eigenvalue weighted by atomic mass is 9.85. The lowest BCUT2D eigenvalue weighted by Crippen LogP contribution is -2.51. The van der Waals surface area contributed by atoms with Gasteiger partial charge in [-0.1, -0.05) is 56.7 Å². The Kier molecular flexibility index (Phi) is 9.04. The average molecular weight is 644 g/mol. The first-order chi connectivity index (χ1) is 21.9. The van der Waals surface area contributed by atoms with Crippen LogP contribution in [-0.4, -0.2) is 52.5 Å². The molecule has 11 heteroatoms. The molecule has 2 saturated carbocycles. The van der Waals surface area contributed by atoms with Crippen molar-refractivity contribution in [3.8, 4) is 0 Å². The number of hydrogen-bond acceptors (Lipinski definition) is 5. The highest BCUT2D eigenvalue weighted by Crippen LogP contribution is 2.46. The zero-order valence-corrected chi connectivity index (χ0v) is 26.1. The van der Waals surface area contributed by atoms with E-state index in [9.17, 15) is 31.9 Å². The van der Waals surface area contributed by atoms with Crippen LogP contribution in [0.3, 0.4) is 0 Å². The van der Waals surface area contributed by atoms with Crippen LogP contribution in [0.5, 0.6) is 0 Å². The molecular formula is C35H41F4N3O4. The van der Waals surface area contributed by atoms with Crippen molar-refractivity contribution in [2.45, 2.75) is 108 Å². The van der Waals surface area contributed by atoms with Crippen molar-refractivity contribution in [3.63, 3.8) is 0 Å². The molecule has 4 atom stereocenters. The molecule has 3 amide bonds. The van der Waals surface area contributed by atoms with E-state index in [0.29, 0.717) is 27.8 Å². The lowest BCUT2D eigenvalue weighted by molar-refractivity contribution is -0.187. The van der Waals surface area contributed by atoms with Gasteiger partial charge in [0.25, 0.3) is 5.91 Å². The van der Waals surface area contributed by atoms with Crippen LogP contribution in [0.1, 0.15) is 87.8 Å². The van der Waals surface area contributed by atoms with E-state index < -0.39 is 54.6 Å². The molecule has 1 heterocycles. The number of imide groups is 1. The number of anilines is 1. The molecule has 1 aliphatic heterocycles. The van der Waals surface area contributed by atoms with Gasteiger partial charge in [-0.3, -0.25) is 9.59 Å². The summed E-state index contributed by atoms with van der Waals surface area (Å²) in [5, 5.41) is 3.69. The van der Waals surface area contributed by atoms with E-state index in [1.54, 1.807) is 6.07 Å². The molecule has 46 heavy (non-hydrogen) atoms. The number of aryl methyl sites for hydroxylation is 1. The van der Waals surface area contributed by atoms with Gasteiger partial charge < -0.3 is 15.0 Å². The minimum absolute atomic E-state index is 0.186. The van der Waals surface area contributed by atoms with Gasteiger partial charge in [-0.2, -0.15) is 13.2 Å². The summed E-state index contributed by atoms with van der Waals surface area (Å²) in [4.78, 5) is 41.2. The van der Waals surface area contributed by atoms with Gasteiger partial charge >= 0.3 is 12.3 Å². The highest BCUT2D eigenvalue weighted by atomic mass is 19.4. The molecule has 0 bridgehead atoms. The summed E-state index contributed by atoms with van der Waals surface area (Å²) in [7, 11) is 0. The summed E-state index contributed by atoms with van der Waals surface area (Å²) in [6.07, 6.45) is 6.23. The molecule has 1 spiro atoms. The Bertz CT molecular complexity index is 1460. The highest BCUT2D eigenvalue weighted by Gasteiger charge is 2.58. The van der Waals surface area contributed by atoms with Crippen LogP contribution in [0.25, 0.3) is 0 Å². The maximum atomic E-state index is 13.7. The Morgan fingerprint density at radius 2 is 1.70 bits per heavy atom. The summed E-state index contributed by atoms with van der Waals surface area (Å²) < 4.78 is 60.3. The Morgan fingerprint density at radius 3 is 2.41 bits per heavy atom. The van der Waals surface area contributed by atoms with Crippen molar-refractivity contribution in [2.75, 3.05) is 11.9 Å². The third-order valence-electron chi connectivity index (χ3n) is 10.6. The predicted octanol–water partition coefficient (Wildman–Crippen LogP) is 7.48.